The fourth-order valence-corrected chi connectivity index (χ4v) is 1.67. The zero-order chi connectivity index (χ0) is 10.9. The summed E-state index contributed by atoms with van der Waals surface area (Å²) < 4.78 is 0. The van der Waals surface area contributed by atoms with E-state index in [0.29, 0.717) is 6.42 Å². The number of rotatable bonds is 3. The van der Waals surface area contributed by atoms with E-state index in [1.165, 1.54) is 0 Å². The maximum absolute atomic E-state index is 9.13. The summed E-state index contributed by atoms with van der Waals surface area (Å²) in [6.07, 6.45) is 2.41. The molecule has 1 aromatic carbocycles. The van der Waals surface area contributed by atoms with Crippen LogP contribution in [0.25, 0.3) is 10.9 Å². The van der Waals surface area contributed by atoms with Crippen LogP contribution < -0.4 is 5.73 Å². The summed E-state index contributed by atoms with van der Waals surface area (Å²) in [7, 11) is 0. The normalized spacial score (nSPS) is 15.4. The topological polar surface area (TPSA) is 74.9 Å². The Kier molecular flexibility index (Phi) is 2.46. The van der Waals surface area contributed by atoms with Crippen LogP contribution in [0, 0.1) is 0 Å². The first-order valence-electron chi connectivity index (χ1n) is 4.93. The number of fused-ring (bicyclic) bond motifs is 1. The molecule has 1 heterocycles. The molecule has 4 heteroatoms. The van der Waals surface area contributed by atoms with Gasteiger partial charge in [-0.2, -0.15) is 5.10 Å². The average Bonchev–Trinajstić information content (AvgIpc) is 2.66. The molecule has 0 aliphatic heterocycles. The van der Waals surface area contributed by atoms with Crippen LogP contribution in [0.2, 0.25) is 0 Å². The van der Waals surface area contributed by atoms with Crippen molar-refractivity contribution in [1.82, 2.24) is 10.2 Å². The maximum atomic E-state index is 9.13. The van der Waals surface area contributed by atoms with Crippen LogP contribution in [0.3, 0.4) is 0 Å². The Morgan fingerprint density at radius 1 is 1.53 bits per heavy atom. The largest absolute Gasteiger partial charge is 0.394 e. The van der Waals surface area contributed by atoms with Gasteiger partial charge in [-0.15, -0.1) is 0 Å². The number of benzene rings is 1. The van der Waals surface area contributed by atoms with Gasteiger partial charge >= 0.3 is 0 Å². The fourth-order valence-electron chi connectivity index (χ4n) is 1.67. The second kappa shape index (κ2) is 3.64. The summed E-state index contributed by atoms with van der Waals surface area (Å²) in [5.41, 5.74) is 7.43. The highest BCUT2D eigenvalue weighted by Gasteiger charge is 2.19. The molecule has 1 atom stereocenters. The van der Waals surface area contributed by atoms with Crippen molar-refractivity contribution in [1.29, 1.82) is 0 Å². The van der Waals surface area contributed by atoms with E-state index in [1.54, 1.807) is 6.20 Å². The van der Waals surface area contributed by atoms with Gasteiger partial charge in [0.1, 0.15) is 0 Å². The number of para-hydroxylation sites is 1. The van der Waals surface area contributed by atoms with Crippen molar-refractivity contribution in [2.75, 3.05) is 6.61 Å². The van der Waals surface area contributed by atoms with E-state index in [4.69, 9.17) is 10.8 Å². The molecule has 0 radical (unpaired) electrons. The predicted octanol–water partition coefficient (Wildman–Crippen LogP) is 0.815. The van der Waals surface area contributed by atoms with Crippen molar-refractivity contribution >= 4 is 10.9 Å². The van der Waals surface area contributed by atoms with Crippen LogP contribution >= 0.6 is 0 Å². The van der Waals surface area contributed by atoms with E-state index in [9.17, 15) is 0 Å². The number of nitrogens with two attached hydrogens (primary N) is 1. The number of nitrogens with zero attached hydrogens (tertiary/aromatic N) is 1. The summed E-state index contributed by atoms with van der Waals surface area (Å²) in [5.74, 6) is 0. The molecule has 4 N–H and O–H groups in total. The van der Waals surface area contributed by atoms with Crippen LogP contribution in [0.15, 0.2) is 24.4 Å². The average molecular weight is 205 g/mol. The molecule has 2 aromatic rings. The molecule has 0 aliphatic carbocycles. The molecular formula is C11H15N3O. The zero-order valence-corrected chi connectivity index (χ0v) is 8.70. The molecule has 80 valence electrons. The van der Waals surface area contributed by atoms with Gasteiger partial charge in [-0.05, 0) is 18.9 Å². The molecule has 0 spiro atoms. The summed E-state index contributed by atoms with van der Waals surface area (Å²) >= 11 is 0. The number of aromatic nitrogens is 2. The second-order valence-corrected chi connectivity index (χ2v) is 4.24. The van der Waals surface area contributed by atoms with Crippen molar-refractivity contribution < 1.29 is 5.11 Å². The van der Waals surface area contributed by atoms with E-state index in [0.717, 1.165) is 16.5 Å². The summed E-state index contributed by atoms with van der Waals surface area (Å²) in [4.78, 5) is 0. The Labute approximate surface area is 88.1 Å². The third-order valence-electron chi connectivity index (χ3n) is 2.52. The van der Waals surface area contributed by atoms with Crippen molar-refractivity contribution in [2.45, 2.75) is 18.9 Å². The van der Waals surface area contributed by atoms with E-state index >= 15 is 0 Å². The van der Waals surface area contributed by atoms with Crippen molar-refractivity contribution in [3.8, 4) is 0 Å². The van der Waals surface area contributed by atoms with Gasteiger partial charge in [-0.3, -0.25) is 5.10 Å². The lowest BCUT2D eigenvalue weighted by atomic mass is 9.94. The van der Waals surface area contributed by atoms with Gasteiger partial charge < -0.3 is 10.8 Å². The lowest BCUT2D eigenvalue weighted by Gasteiger charge is -2.21. The van der Waals surface area contributed by atoms with E-state index in [1.807, 2.05) is 25.1 Å². The standard InChI is InChI=1S/C11H15N3O/c1-11(12,7-15)5-8-3-2-4-9-6-13-14-10(8)9/h2-4,6,15H,5,7,12H2,1H3,(H,13,14). The highest BCUT2D eigenvalue weighted by atomic mass is 16.3. The number of aliphatic hydroxyl groups excluding tert-OH is 1. The maximum Gasteiger partial charge on any atom is 0.0682 e. The number of aliphatic hydroxyl groups is 1. The van der Waals surface area contributed by atoms with Gasteiger partial charge in [-0.25, -0.2) is 0 Å². The quantitative estimate of drug-likeness (QED) is 0.694. The minimum absolute atomic E-state index is 0.0302. The zero-order valence-electron chi connectivity index (χ0n) is 8.70. The third-order valence-corrected chi connectivity index (χ3v) is 2.52. The summed E-state index contributed by atoms with van der Waals surface area (Å²) in [5, 5.41) is 17.1. The van der Waals surface area contributed by atoms with Crippen molar-refractivity contribution in [2.24, 2.45) is 5.73 Å². The molecule has 0 saturated carbocycles. The summed E-state index contributed by atoms with van der Waals surface area (Å²) in [6, 6.07) is 5.97. The Bertz CT molecular complexity index is 462. The van der Waals surface area contributed by atoms with Gasteiger partial charge in [0.25, 0.3) is 0 Å². The molecular weight excluding hydrogens is 190 g/mol. The van der Waals surface area contributed by atoms with Crippen LogP contribution in [-0.2, 0) is 6.42 Å². The van der Waals surface area contributed by atoms with Gasteiger partial charge in [0, 0.05) is 10.9 Å². The highest BCUT2D eigenvalue weighted by molar-refractivity contribution is 5.81. The number of hydrogen-bond acceptors (Lipinski definition) is 3. The summed E-state index contributed by atoms with van der Waals surface area (Å²) in [6.45, 7) is 1.81. The molecule has 0 fully saturated rings. The van der Waals surface area contributed by atoms with Gasteiger partial charge in [-0.1, -0.05) is 18.2 Å². The number of nitrogens with one attached hydrogen (secondary N) is 1. The highest BCUT2D eigenvalue weighted by Crippen LogP contribution is 2.19. The Hall–Kier alpha value is -1.39. The van der Waals surface area contributed by atoms with Gasteiger partial charge in [0.2, 0.25) is 0 Å². The van der Waals surface area contributed by atoms with E-state index in [-0.39, 0.29) is 6.61 Å². The molecule has 0 aliphatic rings. The lowest BCUT2D eigenvalue weighted by Crippen LogP contribution is -2.42. The SMILES string of the molecule is CC(N)(CO)Cc1cccc2cn[nH]c12. The monoisotopic (exact) mass is 205 g/mol. The van der Waals surface area contributed by atoms with Crippen LogP contribution in [0.5, 0.6) is 0 Å². The van der Waals surface area contributed by atoms with Crippen molar-refractivity contribution in [3.05, 3.63) is 30.0 Å². The van der Waals surface area contributed by atoms with E-state index < -0.39 is 5.54 Å². The minimum Gasteiger partial charge on any atom is -0.394 e. The molecule has 2 rings (SSSR count). The first kappa shape index (κ1) is 10.1. The molecule has 1 aromatic heterocycles. The molecule has 0 bridgehead atoms. The molecule has 1 unspecified atom stereocenters. The third kappa shape index (κ3) is 2.00. The van der Waals surface area contributed by atoms with E-state index in [2.05, 4.69) is 10.2 Å². The fraction of sp³-hybridized carbons (Fsp3) is 0.364. The first-order chi connectivity index (χ1) is 7.12. The van der Waals surface area contributed by atoms with Gasteiger partial charge in [0.15, 0.2) is 0 Å². The van der Waals surface area contributed by atoms with Gasteiger partial charge in [0.05, 0.1) is 18.3 Å². The van der Waals surface area contributed by atoms with Crippen molar-refractivity contribution in [3.63, 3.8) is 0 Å². The Morgan fingerprint density at radius 2 is 2.33 bits per heavy atom. The Morgan fingerprint density at radius 3 is 3.07 bits per heavy atom. The number of aromatic amines is 1. The second-order valence-electron chi connectivity index (χ2n) is 4.24. The smallest absolute Gasteiger partial charge is 0.0682 e. The first-order valence-corrected chi connectivity index (χ1v) is 4.93. The van der Waals surface area contributed by atoms with Crippen LogP contribution in [0.1, 0.15) is 12.5 Å². The molecule has 15 heavy (non-hydrogen) atoms. The number of hydrogen-bond donors (Lipinski definition) is 3. The van der Waals surface area contributed by atoms with Crippen LogP contribution in [0.4, 0.5) is 0 Å². The molecule has 4 nitrogen and oxygen atoms in total. The molecule has 0 amide bonds. The van der Waals surface area contributed by atoms with Crippen LogP contribution in [-0.4, -0.2) is 27.4 Å². The minimum atomic E-state index is -0.584. The Balaban J connectivity index is 2.39. The predicted molar refractivity (Wildman–Crippen MR) is 59.5 cm³/mol. The number of H-pyrrole nitrogens is 1. The molecule has 0 saturated heterocycles. The lowest BCUT2D eigenvalue weighted by molar-refractivity contribution is 0.208.